The maximum atomic E-state index is 11.9. The first kappa shape index (κ1) is 10.7. The van der Waals surface area contributed by atoms with Crippen LogP contribution >= 0.6 is 0 Å². The Kier molecular flexibility index (Phi) is 2.64. The largest absolute Gasteiger partial charge is 0.298 e. The third kappa shape index (κ3) is 1.78. The summed E-state index contributed by atoms with van der Waals surface area (Å²) in [6, 6.07) is 5.08. The van der Waals surface area contributed by atoms with Crippen molar-refractivity contribution in [2.45, 2.75) is 20.4 Å². The lowest BCUT2D eigenvalue weighted by Gasteiger charge is -2.03. The average molecular weight is 218 g/mol. The molecule has 0 aliphatic rings. The van der Waals surface area contributed by atoms with Gasteiger partial charge in [-0.3, -0.25) is 19.4 Å². The van der Waals surface area contributed by atoms with Gasteiger partial charge in [0.15, 0.2) is 0 Å². The van der Waals surface area contributed by atoms with Gasteiger partial charge in [0.1, 0.15) is 6.29 Å². The summed E-state index contributed by atoms with van der Waals surface area (Å²) in [6.45, 7) is 4.76. The number of benzene rings is 1. The van der Waals surface area contributed by atoms with Gasteiger partial charge in [0, 0.05) is 12.1 Å². The fourth-order valence-corrected chi connectivity index (χ4v) is 1.74. The zero-order chi connectivity index (χ0) is 11.7. The van der Waals surface area contributed by atoms with E-state index in [9.17, 15) is 9.59 Å². The van der Waals surface area contributed by atoms with Gasteiger partial charge in [-0.1, -0.05) is 13.8 Å². The van der Waals surface area contributed by atoms with Crippen molar-refractivity contribution >= 4 is 17.2 Å². The maximum Gasteiger partial charge on any atom is 0.274 e. The van der Waals surface area contributed by atoms with Crippen molar-refractivity contribution in [3.05, 3.63) is 34.1 Å². The summed E-state index contributed by atoms with van der Waals surface area (Å²) in [5.41, 5.74) is 1.24. The van der Waals surface area contributed by atoms with E-state index in [1.54, 1.807) is 22.9 Å². The lowest BCUT2D eigenvalue weighted by atomic mass is 10.2. The third-order valence-corrected chi connectivity index (χ3v) is 2.46. The van der Waals surface area contributed by atoms with Crippen LogP contribution in [0.2, 0.25) is 0 Å². The first-order valence-electron chi connectivity index (χ1n) is 5.29. The highest BCUT2D eigenvalue weighted by atomic mass is 16.1. The number of aldehydes is 1. The zero-order valence-corrected chi connectivity index (χ0v) is 9.36. The molecule has 0 aliphatic carbocycles. The molecule has 84 valence electrons. The summed E-state index contributed by atoms with van der Waals surface area (Å²) in [4.78, 5) is 22.6. The lowest BCUT2D eigenvalue weighted by Crippen LogP contribution is -2.19. The molecule has 4 nitrogen and oxygen atoms in total. The summed E-state index contributed by atoms with van der Waals surface area (Å²) < 4.78 is 1.59. The van der Waals surface area contributed by atoms with Crippen molar-refractivity contribution < 1.29 is 4.79 Å². The molecule has 0 amide bonds. The van der Waals surface area contributed by atoms with Crippen LogP contribution in [-0.4, -0.2) is 16.1 Å². The van der Waals surface area contributed by atoms with Gasteiger partial charge < -0.3 is 0 Å². The molecular weight excluding hydrogens is 204 g/mol. The summed E-state index contributed by atoms with van der Waals surface area (Å²) in [5.74, 6) is 0.399. The van der Waals surface area contributed by atoms with E-state index in [-0.39, 0.29) is 5.56 Å². The van der Waals surface area contributed by atoms with Crippen molar-refractivity contribution in [3.8, 4) is 0 Å². The minimum Gasteiger partial charge on any atom is -0.298 e. The van der Waals surface area contributed by atoms with Crippen LogP contribution in [0.15, 0.2) is 23.0 Å². The number of fused-ring (bicyclic) bond motifs is 1. The Hall–Kier alpha value is -1.84. The molecule has 0 saturated carbocycles. The molecule has 0 aliphatic heterocycles. The highest BCUT2D eigenvalue weighted by Crippen LogP contribution is 2.10. The second-order valence-corrected chi connectivity index (χ2v) is 4.34. The molecule has 16 heavy (non-hydrogen) atoms. The number of hydrogen-bond donors (Lipinski definition) is 1. The summed E-state index contributed by atoms with van der Waals surface area (Å²) in [5, 5.41) is 3.61. The normalized spacial score (nSPS) is 11.2. The summed E-state index contributed by atoms with van der Waals surface area (Å²) in [7, 11) is 0. The second kappa shape index (κ2) is 3.96. The van der Waals surface area contributed by atoms with Gasteiger partial charge >= 0.3 is 0 Å². The van der Waals surface area contributed by atoms with Gasteiger partial charge in [-0.15, -0.1) is 0 Å². The van der Waals surface area contributed by atoms with Gasteiger partial charge in [0.2, 0.25) is 0 Å². The molecule has 0 fully saturated rings. The van der Waals surface area contributed by atoms with E-state index < -0.39 is 0 Å². The number of carbonyl (C=O) groups is 1. The molecule has 1 N–H and O–H groups in total. The second-order valence-electron chi connectivity index (χ2n) is 4.34. The SMILES string of the molecule is CC(C)Cn1[nH]c2ccc(C=O)cc2c1=O. The summed E-state index contributed by atoms with van der Waals surface area (Å²) in [6.07, 6.45) is 0.749. The van der Waals surface area contributed by atoms with Crippen molar-refractivity contribution in [2.75, 3.05) is 0 Å². The Morgan fingerprint density at radius 2 is 2.19 bits per heavy atom. The van der Waals surface area contributed by atoms with E-state index in [0.29, 0.717) is 23.4 Å². The predicted molar refractivity (Wildman–Crippen MR) is 62.8 cm³/mol. The standard InChI is InChI=1S/C12H14N2O2/c1-8(2)6-14-12(16)10-5-9(7-15)3-4-11(10)13-14/h3-5,7-8,13H,6H2,1-2H3. The summed E-state index contributed by atoms with van der Waals surface area (Å²) >= 11 is 0. The quantitative estimate of drug-likeness (QED) is 0.798. The number of aromatic nitrogens is 2. The zero-order valence-electron chi connectivity index (χ0n) is 9.36. The van der Waals surface area contributed by atoms with E-state index in [2.05, 4.69) is 18.9 Å². The Balaban J connectivity index is 2.59. The van der Waals surface area contributed by atoms with Gasteiger partial charge in [0.25, 0.3) is 5.56 Å². The molecule has 0 radical (unpaired) electrons. The van der Waals surface area contributed by atoms with Crippen LogP contribution in [-0.2, 0) is 6.54 Å². The van der Waals surface area contributed by atoms with Gasteiger partial charge in [-0.2, -0.15) is 0 Å². The van der Waals surface area contributed by atoms with E-state index in [1.165, 1.54) is 0 Å². The maximum absolute atomic E-state index is 11.9. The van der Waals surface area contributed by atoms with Crippen molar-refractivity contribution in [1.29, 1.82) is 0 Å². The van der Waals surface area contributed by atoms with E-state index in [4.69, 9.17) is 0 Å². The van der Waals surface area contributed by atoms with Gasteiger partial charge in [-0.25, -0.2) is 0 Å². The number of rotatable bonds is 3. The lowest BCUT2D eigenvalue weighted by molar-refractivity contribution is 0.112. The molecule has 2 aromatic rings. The molecule has 0 atom stereocenters. The Labute approximate surface area is 92.9 Å². The number of hydrogen-bond acceptors (Lipinski definition) is 2. The van der Waals surface area contributed by atoms with E-state index >= 15 is 0 Å². The average Bonchev–Trinajstić information content (AvgIpc) is 2.55. The topological polar surface area (TPSA) is 54.9 Å². The van der Waals surface area contributed by atoms with Crippen molar-refractivity contribution in [1.82, 2.24) is 9.78 Å². The van der Waals surface area contributed by atoms with Crippen LogP contribution in [0, 0.1) is 5.92 Å². The Bertz CT molecular complexity index is 578. The first-order valence-corrected chi connectivity index (χ1v) is 5.29. The smallest absolute Gasteiger partial charge is 0.274 e. The van der Waals surface area contributed by atoms with Crippen LogP contribution in [0.3, 0.4) is 0 Å². The van der Waals surface area contributed by atoms with Crippen LogP contribution < -0.4 is 5.56 Å². The van der Waals surface area contributed by atoms with Crippen LogP contribution in [0.4, 0.5) is 0 Å². The van der Waals surface area contributed by atoms with Crippen LogP contribution in [0.25, 0.3) is 10.9 Å². The minimum absolute atomic E-state index is 0.0626. The van der Waals surface area contributed by atoms with Crippen LogP contribution in [0.1, 0.15) is 24.2 Å². The van der Waals surface area contributed by atoms with Gasteiger partial charge in [0.05, 0.1) is 10.9 Å². The molecular formula is C12H14N2O2. The minimum atomic E-state index is -0.0626. The van der Waals surface area contributed by atoms with E-state index in [0.717, 1.165) is 11.8 Å². The Morgan fingerprint density at radius 3 is 2.81 bits per heavy atom. The number of aromatic amines is 1. The Morgan fingerprint density at radius 1 is 1.44 bits per heavy atom. The molecule has 0 spiro atoms. The number of H-pyrrole nitrogens is 1. The van der Waals surface area contributed by atoms with Crippen molar-refractivity contribution in [3.63, 3.8) is 0 Å². The monoisotopic (exact) mass is 218 g/mol. The molecule has 1 aromatic heterocycles. The molecule has 0 bridgehead atoms. The molecule has 4 heteroatoms. The number of carbonyl (C=O) groups excluding carboxylic acids is 1. The highest BCUT2D eigenvalue weighted by molar-refractivity contribution is 5.86. The number of nitrogens with one attached hydrogen (secondary N) is 1. The molecule has 1 heterocycles. The molecule has 2 rings (SSSR count). The van der Waals surface area contributed by atoms with Gasteiger partial charge in [-0.05, 0) is 24.1 Å². The number of nitrogens with zero attached hydrogens (tertiary/aromatic N) is 1. The third-order valence-electron chi connectivity index (χ3n) is 2.46. The highest BCUT2D eigenvalue weighted by Gasteiger charge is 2.08. The van der Waals surface area contributed by atoms with E-state index in [1.807, 2.05) is 0 Å². The van der Waals surface area contributed by atoms with Crippen molar-refractivity contribution in [2.24, 2.45) is 5.92 Å². The molecule has 0 unspecified atom stereocenters. The predicted octanol–water partition coefficient (Wildman–Crippen LogP) is 1.80. The molecule has 1 aromatic carbocycles. The fraction of sp³-hybridized carbons (Fsp3) is 0.333. The fourth-order valence-electron chi connectivity index (χ4n) is 1.74. The first-order chi connectivity index (χ1) is 7.61. The van der Waals surface area contributed by atoms with Crippen LogP contribution in [0.5, 0.6) is 0 Å². The molecule has 0 saturated heterocycles.